The molecule has 0 bridgehead atoms. The van der Waals surface area contributed by atoms with Crippen LogP contribution in [0.2, 0.25) is 0 Å². The van der Waals surface area contributed by atoms with Gasteiger partial charge in [-0.3, -0.25) is 0 Å². The van der Waals surface area contributed by atoms with E-state index >= 15 is 0 Å². The van der Waals surface area contributed by atoms with Crippen LogP contribution >= 0.6 is 0 Å². The van der Waals surface area contributed by atoms with Crippen LogP contribution in [0.5, 0.6) is 0 Å². The van der Waals surface area contributed by atoms with Crippen molar-refractivity contribution in [1.29, 1.82) is 0 Å². The minimum atomic E-state index is 0.876. The van der Waals surface area contributed by atoms with Gasteiger partial charge in [-0.25, -0.2) is 0 Å². The topological polar surface area (TPSA) is 21.3 Å². The molecule has 0 saturated heterocycles. The fraction of sp³-hybridized carbons (Fsp3) is 0.0357. The zero-order valence-corrected chi connectivity index (χ0v) is 32.3. The van der Waals surface area contributed by atoms with E-state index in [1.54, 1.807) is 0 Å². The van der Waals surface area contributed by atoms with Crippen LogP contribution in [-0.4, -0.2) is 4.57 Å². The highest BCUT2D eigenvalue weighted by molar-refractivity contribution is 6.18. The fourth-order valence-electron chi connectivity index (χ4n) is 9.48. The first kappa shape index (κ1) is 33.5. The zero-order chi connectivity index (χ0) is 38.9. The summed E-state index contributed by atoms with van der Waals surface area (Å²) in [5.41, 5.74) is 16.2. The van der Waals surface area contributed by atoms with Gasteiger partial charge in [-0.15, -0.1) is 0 Å². The highest BCUT2D eigenvalue weighted by Crippen LogP contribution is 2.44. The van der Waals surface area contributed by atoms with Gasteiger partial charge in [0.05, 0.1) is 22.1 Å². The van der Waals surface area contributed by atoms with Crippen molar-refractivity contribution >= 4 is 77.7 Å². The number of benzene rings is 9. The minimum absolute atomic E-state index is 0.876. The molecule has 12 rings (SSSR count). The number of aryl methyl sites for hydroxylation is 1. The van der Waals surface area contributed by atoms with Crippen LogP contribution in [0.25, 0.3) is 88.5 Å². The Balaban J connectivity index is 0.948. The van der Waals surface area contributed by atoms with Gasteiger partial charge in [0.15, 0.2) is 0 Å². The van der Waals surface area contributed by atoms with Crippen molar-refractivity contribution in [2.75, 3.05) is 4.90 Å². The van der Waals surface area contributed by atoms with Crippen molar-refractivity contribution < 1.29 is 4.42 Å². The molecule has 278 valence electrons. The number of para-hydroxylation sites is 2. The molecule has 0 atom stereocenters. The summed E-state index contributed by atoms with van der Waals surface area (Å²) >= 11 is 0. The van der Waals surface area contributed by atoms with Gasteiger partial charge in [0.25, 0.3) is 0 Å². The van der Waals surface area contributed by atoms with Gasteiger partial charge in [0.2, 0.25) is 0 Å². The van der Waals surface area contributed by atoms with Gasteiger partial charge >= 0.3 is 0 Å². The predicted molar refractivity (Wildman–Crippen MR) is 248 cm³/mol. The number of anilines is 3. The molecule has 0 fully saturated rings. The van der Waals surface area contributed by atoms with Crippen LogP contribution in [-0.2, 0) is 6.42 Å². The SMILES string of the molecule is C1=Cc2c(cccc2-c2ccc(N(c3ccc(-c4ccc(-n5c6ccccc6c6ccc7ccccc7c65)cc4)cc3)c3cccc4oc5ccccc5c34)cc2)CC1. The molecule has 1 aliphatic rings. The second-order valence-electron chi connectivity index (χ2n) is 15.6. The summed E-state index contributed by atoms with van der Waals surface area (Å²) in [6.45, 7) is 0. The van der Waals surface area contributed by atoms with Crippen molar-refractivity contribution in [2.24, 2.45) is 0 Å². The summed E-state index contributed by atoms with van der Waals surface area (Å²) in [5.74, 6) is 0. The van der Waals surface area contributed by atoms with E-state index in [0.29, 0.717) is 0 Å². The lowest BCUT2D eigenvalue weighted by atomic mass is 9.90. The maximum atomic E-state index is 6.39. The second kappa shape index (κ2) is 13.5. The van der Waals surface area contributed by atoms with Gasteiger partial charge < -0.3 is 13.9 Å². The third-order valence-corrected chi connectivity index (χ3v) is 12.3. The third kappa shape index (κ3) is 5.43. The molecule has 0 N–H and O–H groups in total. The Kier molecular flexibility index (Phi) is 7.67. The van der Waals surface area contributed by atoms with Gasteiger partial charge in [0, 0.05) is 38.6 Å². The summed E-state index contributed by atoms with van der Waals surface area (Å²) in [7, 11) is 0. The average molecular weight is 755 g/mol. The van der Waals surface area contributed by atoms with Crippen molar-refractivity contribution in [3.8, 4) is 27.9 Å². The molecule has 11 aromatic rings. The summed E-state index contributed by atoms with van der Waals surface area (Å²) < 4.78 is 8.81. The average Bonchev–Trinajstić information content (AvgIpc) is 3.86. The van der Waals surface area contributed by atoms with Crippen molar-refractivity contribution in [2.45, 2.75) is 12.8 Å². The molecular weight excluding hydrogens is 717 g/mol. The number of hydrogen-bond donors (Lipinski definition) is 0. The van der Waals surface area contributed by atoms with E-state index in [-0.39, 0.29) is 0 Å². The number of allylic oxidation sites excluding steroid dienone is 1. The molecule has 1 aliphatic carbocycles. The quantitative estimate of drug-likeness (QED) is 0.169. The first-order chi connectivity index (χ1) is 29.3. The molecule has 0 spiro atoms. The van der Waals surface area contributed by atoms with Crippen molar-refractivity contribution in [3.63, 3.8) is 0 Å². The molecule has 59 heavy (non-hydrogen) atoms. The normalized spacial score (nSPS) is 12.5. The maximum Gasteiger partial charge on any atom is 0.137 e. The van der Waals surface area contributed by atoms with E-state index in [1.807, 2.05) is 6.07 Å². The van der Waals surface area contributed by atoms with Crippen molar-refractivity contribution in [3.05, 3.63) is 211 Å². The van der Waals surface area contributed by atoms with Crippen LogP contribution in [0.3, 0.4) is 0 Å². The molecule has 2 heterocycles. The van der Waals surface area contributed by atoms with Crippen LogP contribution in [0, 0.1) is 0 Å². The Morgan fingerprint density at radius 3 is 1.95 bits per heavy atom. The summed E-state index contributed by atoms with van der Waals surface area (Å²) in [6, 6.07) is 70.4. The Morgan fingerprint density at radius 1 is 0.475 bits per heavy atom. The molecule has 0 unspecified atom stereocenters. The number of fused-ring (bicyclic) bond motifs is 9. The smallest absolute Gasteiger partial charge is 0.137 e. The Bertz CT molecular complexity index is 3420. The number of aromatic nitrogens is 1. The number of hydrogen-bond acceptors (Lipinski definition) is 2. The molecule has 3 nitrogen and oxygen atoms in total. The van der Waals surface area contributed by atoms with Gasteiger partial charge in [0.1, 0.15) is 11.2 Å². The first-order valence-electron chi connectivity index (χ1n) is 20.5. The lowest BCUT2D eigenvalue weighted by Gasteiger charge is -2.27. The summed E-state index contributed by atoms with van der Waals surface area (Å²) in [5, 5.41) is 7.25. The molecular formula is C56H38N2O. The molecule has 0 amide bonds. The fourth-order valence-corrected chi connectivity index (χ4v) is 9.48. The lowest BCUT2D eigenvalue weighted by Crippen LogP contribution is -2.10. The maximum absolute atomic E-state index is 6.39. The lowest BCUT2D eigenvalue weighted by molar-refractivity contribution is 0.669. The molecule has 2 aromatic heterocycles. The second-order valence-corrected chi connectivity index (χ2v) is 15.6. The van der Waals surface area contributed by atoms with Crippen molar-refractivity contribution in [1.82, 2.24) is 4.57 Å². The Hall–Kier alpha value is -7.62. The molecule has 0 saturated carbocycles. The zero-order valence-electron chi connectivity index (χ0n) is 32.3. The molecule has 3 heteroatoms. The third-order valence-electron chi connectivity index (χ3n) is 12.3. The van der Waals surface area contributed by atoms with E-state index in [2.05, 4.69) is 210 Å². The van der Waals surface area contributed by atoms with E-state index < -0.39 is 0 Å². The molecule has 9 aromatic carbocycles. The number of rotatable bonds is 6. The molecule has 0 aliphatic heterocycles. The summed E-state index contributed by atoms with van der Waals surface area (Å²) in [4.78, 5) is 2.37. The van der Waals surface area contributed by atoms with E-state index in [9.17, 15) is 0 Å². The number of nitrogens with zero attached hydrogens (tertiary/aromatic N) is 2. The highest BCUT2D eigenvalue weighted by Gasteiger charge is 2.21. The van der Waals surface area contributed by atoms with E-state index in [1.165, 1.54) is 60.4 Å². The largest absolute Gasteiger partial charge is 0.456 e. The van der Waals surface area contributed by atoms with E-state index in [0.717, 1.165) is 63.1 Å². The highest BCUT2D eigenvalue weighted by atomic mass is 16.3. The van der Waals surface area contributed by atoms with Crippen LogP contribution < -0.4 is 4.90 Å². The minimum Gasteiger partial charge on any atom is -0.456 e. The van der Waals surface area contributed by atoms with Crippen LogP contribution in [0.15, 0.2) is 205 Å². The number of furan rings is 1. The van der Waals surface area contributed by atoms with Gasteiger partial charge in [-0.2, -0.15) is 0 Å². The van der Waals surface area contributed by atoms with Gasteiger partial charge in [-0.05, 0) is 112 Å². The van der Waals surface area contributed by atoms with Crippen LogP contribution in [0.1, 0.15) is 17.5 Å². The summed E-state index contributed by atoms with van der Waals surface area (Å²) in [6.07, 6.45) is 6.78. The molecule has 0 radical (unpaired) electrons. The van der Waals surface area contributed by atoms with E-state index in [4.69, 9.17) is 4.42 Å². The standard InChI is InChI=1S/C56H38N2O/c1-3-14-45-39(11-1)13-9-18-46(45)41-27-34-43(35-28-41)57(52-20-10-22-54-55(52)50-17-6-8-21-53(50)59-54)42-30-23-37(24-31-42)38-25-32-44(33-26-38)58-51-19-7-5-16-48(51)49-36-29-40-12-2-4-15-47(40)56(49)58/h2-10,12-36H,1,11H2. The Labute approximate surface area is 342 Å². The Morgan fingerprint density at radius 2 is 1.14 bits per heavy atom. The van der Waals surface area contributed by atoms with Crippen LogP contribution in [0.4, 0.5) is 17.1 Å². The predicted octanol–water partition coefficient (Wildman–Crippen LogP) is 15.6. The van der Waals surface area contributed by atoms with Gasteiger partial charge in [-0.1, -0.05) is 146 Å². The first-order valence-corrected chi connectivity index (χ1v) is 20.5. The monoisotopic (exact) mass is 754 g/mol.